The number of carbonyl (C=O) groups is 2. The van der Waals surface area contributed by atoms with Crippen molar-refractivity contribution in [2.24, 2.45) is 0 Å². The SMILES string of the molecule is O=C(Nc1ccc(C(=O)N(Cc2ccccc2)C2CC2)cc1)c1cccs1. The first kappa shape index (κ1) is 17.5. The Hall–Kier alpha value is -2.92. The lowest BCUT2D eigenvalue weighted by Crippen LogP contribution is -2.32. The molecule has 0 unspecified atom stereocenters. The molecule has 0 atom stereocenters. The van der Waals surface area contributed by atoms with Gasteiger partial charge in [0.2, 0.25) is 0 Å². The molecule has 2 aromatic carbocycles. The van der Waals surface area contributed by atoms with Gasteiger partial charge in [0.15, 0.2) is 0 Å². The summed E-state index contributed by atoms with van der Waals surface area (Å²) in [4.78, 5) is 27.7. The summed E-state index contributed by atoms with van der Waals surface area (Å²) >= 11 is 1.40. The summed E-state index contributed by atoms with van der Waals surface area (Å²) in [7, 11) is 0. The van der Waals surface area contributed by atoms with Crippen LogP contribution in [0.5, 0.6) is 0 Å². The smallest absolute Gasteiger partial charge is 0.265 e. The van der Waals surface area contributed by atoms with E-state index in [4.69, 9.17) is 0 Å². The lowest BCUT2D eigenvalue weighted by atomic mass is 10.1. The van der Waals surface area contributed by atoms with Gasteiger partial charge in [-0.3, -0.25) is 9.59 Å². The van der Waals surface area contributed by atoms with Crippen molar-refractivity contribution < 1.29 is 9.59 Å². The molecule has 0 radical (unpaired) electrons. The molecule has 136 valence electrons. The predicted molar refractivity (Wildman–Crippen MR) is 108 cm³/mol. The fourth-order valence-electron chi connectivity index (χ4n) is 3.00. The zero-order valence-electron chi connectivity index (χ0n) is 14.8. The van der Waals surface area contributed by atoms with Gasteiger partial charge in [-0.25, -0.2) is 0 Å². The molecule has 0 spiro atoms. The van der Waals surface area contributed by atoms with Crippen LogP contribution in [-0.2, 0) is 6.54 Å². The van der Waals surface area contributed by atoms with Crippen molar-refractivity contribution in [2.75, 3.05) is 5.32 Å². The van der Waals surface area contributed by atoms with E-state index < -0.39 is 0 Å². The van der Waals surface area contributed by atoms with Gasteiger partial charge in [0.05, 0.1) is 4.88 Å². The van der Waals surface area contributed by atoms with E-state index in [0.29, 0.717) is 28.7 Å². The fraction of sp³-hybridized carbons (Fsp3) is 0.182. The molecule has 0 aliphatic heterocycles. The maximum atomic E-state index is 13.0. The van der Waals surface area contributed by atoms with Crippen molar-refractivity contribution >= 4 is 28.8 Å². The minimum Gasteiger partial charge on any atom is -0.331 e. The second kappa shape index (κ2) is 7.76. The molecule has 5 heteroatoms. The minimum absolute atomic E-state index is 0.0393. The van der Waals surface area contributed by atoms with E-state index >= 15 is 0 Å². The molecule has 0 bridgehead atoms. The van der Waals surface area contributed by atoms with Crippen LogP contribution in [0.15, 0.2) is 72.1 Å². The predicted octanol–water partition coefficient (Wildman–Crippen LogP) is 4.81. The zero-order chi connectivity index (χ0) is 18.6. The van der Waals surface area contributed by atoms with Crippen LogP contribution < -0.4 is 5.32 Å². The first-order chi connectivity index (χ1) is 13.2. The van der Waals surface area contributed by atoms with E-state index in [1.54, 1.807) is 30.3 Å². The number of nitrogens with one attached hydrogen (secondary N) is 1. The van der Waals surface area contributed by atoms with Gasteiger partial charge >= 0.3 is 0 Å². The molecule has 1 N–H and O–H groups in total. The van der Waals surface area contributed by atoms with Gasteiger partial charge in [-0.1, -0.05) is 36.4 Å². The number of benzene rings is 2. The number of thiophene rings is 1. The van der Waals surface area contributed by atoms with E-state index in [1.807, 2.05) is 46.7 Å². The summed E-state index contributed by atoms with van der Waals surface area (Å²) in [5.74, 6) is -0.0924. The summed E-state index contributed by atoms with van der Waals surface area (Å²) < 4.78 is 0. The van der Waals surface area contributed by atoms with E-state index in [9.17, 15) is 9.59 Å². The van der Waals surface area contributed by atoms with Gasteiger partial charge in [0.25, 0.3) is 11.8 Å². The highest BCUT2D eigenvalue weighted by molar-refractivity contribution is 7.12. The Bertz CT molecular complexity index is 917. The van der Waals surface area contributed by atoms with Gasteiger partial charge < -0.3 is 10.2 Å². The Kier molecular flexibility index (Phi) is 5.03. The summed E-state index contributed by atoms with van der Waals surface area (Å²) in [6.45, 7) is 0.626. The highest BCUT2D eigenvalue weighted by Crippen LogP contribution is 2.30. The average molecular weight is 376 g/mol. The molecule has 27 heavy (non-hydrogen) atoms. The van der Waals surface area contributed by atoms with Gasteiger partial charge in [-0.2, -0.15) is 0 Å². The largest absolute Gasteiger partial charge is 0.331 e. The Labute approximate surface area is 162 Å². The average Bonchev–Trinajstić information content (AvgIpc) is 3.39. The van der Waals surface area contributed by atoms with Crippen molar-refractivity contribution in [3.8, 4) is 0 Å². The van der Waals surface area contributed by atoms with Crippen LogP contribution in [0.25, 0.3) is 0 Å². The number of hydrogen-bond acceptors (Lipinski definition) is 3. The molecular formula is C22H20N2O2S. The second-order valence-electron chi connectivity index (χ2n) is 6.66. The first-order valence-electron chi connectivity index (χ1n) is 9.00. The number of nitrogens with zero attached hydrogens (tertiary/aromatic N) is 1. The van der Waals surface area contributed by atoms with Crippen molar-refractivity contribution in [3.63, 3.8) is 0 Å². The standard InChI is InChI=1S/C22H20N2O2S/c25-21(20-7-4-14-27-20)23-18-10-8-17(9-11-18)22(26)24(19-12-13-19)15-16-5-2-1-3-6-16/h1-11,14,19H,12-13,15H2,(H,23,25). The summed E-state index contributed by atoms with van der Waals surface area (Å²) in [5.41, 5.74) is 2.47. The Morgan fingerprint density at radius 1 is 0.963 bits per heavy atom. The van der Waals surface area contributed by atoms with Crippen LogP contribution in [0.3, 0.4) is 0 Å². The molecule has 4 nitrogen and oxygen atoms in total. The number of amides is 2. The quantitative estimate of drug-likeness (QED) is 0.671. The number of carbonyl (C=O) groups excluding carboxylic acids is 2. The van der Waals surface area contributed by atoms with Crippen molar-refractivity contribution in [1.29, 1.82) is 0 Å². The third kappa shape index (κ3) is 4.26. The first-order valence-corrected chi connectivity index (χ1v) is 9.88. The monoisotopic (exact) mass is 376 g/mol. The van der Waals surface area contributed by atoms with Gasteiger partial charge in [0, 0.05) is 23.8 Å². The summed E-state index contributed by atoms with van der Waals surface area (Å²) in [6.07, 6.45) is 2.13. The summed E-state index contributed by atoms with van der Waals surface area (Å²) in [5, 5.41) is 4.73. The van der Waals surface area contributed by atoms with Gasteiger partial charge in [-0.05, 0) is 54.1 Å². The molecule has 1 aliphatic rings. The lowest BCUT2D eigenvalue weighted by molar-refractivity contribution is 0.0730. The van der Waals surface area contributed by atoms with E-state index in [0.717, 1.165) is 18.4 Å². The number of rotatable bonds is 6. The van der Waals surface area contributed by atoms with Crippen LogP contribution in [0.2, 0.25) is 0 Å². The van der Waals surface area contributed by atoms with Crippen molar-refractivity contribution in [3.05, 3.63) is 88.1 Å². The van der Waals surface area contributed by atoms with E-state index in [1.165, 1.54) is 11.3 Å². The number of anilines is 1. The summed E-state index contributed by atoms with van der Waals surface area (Å²) in [6, 6.07) is 21.2. The van der Waals surface area contributed by atoms with Crippen LogP contribution >= 0.6 is 11.3 Å². The molecule has 4 rings (SSSR count). The Morgan fingerprint density at radius 2 is 1.70 bits per heavy atom. The molecule has 3 aromatic rings. The molecule has 1 aromatic heterocycles. The van der Waals surface area contributed by atoms with E-state index in [-0.39, 0.29) is 11.8 Å². The van der Waals surface area contributed by atoms with Gasteiger partial charge in [0.1, 0.15) is 0 Å². The zero-order valence-corrected chi connectivity index (χ0v) is 15.6. The Balaban J connectivity index is 1.45. The molecule has 1 heterocycles. The third-order valence-electron chi connectivity index (χ3n) is 4.58. The lowest BCUT2D eigenvalue weighted by Gasteiger charge is -2.23. The van der Waals surface area contributed by atoms with Crippen LogP contribution in [0.4, 0.5) is 5.69 Å². The second-order valence-corrected chi connectivity index (χ2v) is 7.61. The van der Waals surface area contributed by atoms with Crippen molar-refractivity contribution in [1.82, 2.24) is 4.90 Å². The minimum atomic E-state index is -0.132. The normalized spacial score (nSPS) is 13.2. The topological polar surface area (TPSA) is 49.4 Å². The molecular weight excluding hydrogens is 356 g/mol. The molecule has 1 fully saturated rings. The van der Waals surface area contributed by atoms with Crippen LogP contribution in [0, 0.1) is 0 Å². The van der Waals surface area contributed by atoms with Gasteiger partial charge in [-0.15, -0.1) is 11.3 Å². The highest BCUT2D eigenvalue weighted by atomic mass is 32.1. The molecule has 1 saturated carbocycles. The molecule has 0 saturated heterocycles. The molecule has 1 aliphatic carbocycles. The highest BCUT2D eigenvalue weighted by Gasteiger charge is 2.33. The number of hydrogen-bond donors (Lipinski definition) is 1. The maximum absolute atomic E-state index is 13.0. The third-order valence-corrected chi connectivity index (χ3v) is 5.45. The van der Waals surface area contributed by atoms with Crippen molar-refractivity contribution in [2.45, 2.75) is 25.4 Å². The van der Waals surface area contributed by atoms with Crippen LogP contribution in [-0.4, -0.2) is 22.8 Å². The maximum Gasteiger partial charge on any atom is 0.265 e. The fourth-order valence-corrected chi connectivity index (χ4v) is 3.61. The van der Waals surface area contributed by atoms with E-state index in [2.05, 4.69) is 5.32 Å². The molecule has 2 amide bonds. The Morgan fingerprint density at radius 3 is 2.33 bits per heavy atom. The van der Waals surface area contributed by atoms with Crippen LogP contribution in [0.1, 0.15) is 38.4 Å².